The van der Waals surface area contributed by atoms with Crippen molar-refractivity contribution in [1.29, 1.82) is 0 Å². The van der Waals surface area contributed by atoms with Crippen molar-refractivity contribution in [1.82, 2.24) is 15.3 Å². The molecule has 7 heteroatoms. The van der Waals surface area contributed by atoms with E-state index >= 15 is 0 Å². The number of para-hydroxylation sites is 1. The Morgan fingerprint density at radius 1 is 1.12 bits per heavy atom. The number of hydrogen-bond acceptors (Lipinski definition) is 5. The maximum atomic E-state index is 11.8. The van der Waals surface area contributed by atoms with E-state index in [0.29, 0.717) is 13.1 Å². The summed E-state index contributed by atoms with van der Waals surface area (Å²) in [5.41, 5.74) is 0.773. The predicted octanol–water partition coefficient (Wildman–Crippen LogP) is 2.62. The van der Waals surface area contributed by atoms with Crippen LogP contribution < -0.4 is 20.9 Å². The molecule has 1 aromatic heterocycles. The molecule has 0 radical (unpaired) electrons. The molecule has 1 aliphatic rings. The second-order valence-electron chi connectivity index (χ2n) is 6.03. The Morgan fingerprint density at radius 2 is 1.88 bits per heavy atom. The number of carbonyl (C=O) groups excluding carboxylic acids is 1. The first kappa shape index (κ1) is 17.0. The lowest BCUT2D eigenvalue weighted by atomic mass is 10.3. The quantitative estimate of drug-likeness (QED) is 0.704. The molecule has 1 saturated heterocycles. The fourth-order valence-corrected chi connectivity index (χ4v) is 2.81. The lowest BCUT2D eigenvalue weighted by Gasteiger charge is -2.17. The molecule has 0 saturated carbocycles. The molecule has 25 heavy (non-hydrogen) atoms. The Morgan fingerprint density at radius 3 is 2.64 bits per heavy atom. The second kappa shape index (κ2) is 8.32. The van der Waals surface area contributed by atoms with Gasteiger partial charge in [-0.15, -0.1) is 0 Å². The fourth-order valence-electron chi connectivity index (χ4n) is 2.81. The third-order valence-electron chi connectivity index (χ3n) is 4.00. The van der Waals surface area contributed by atoms with Crippen molar-refractivity contribution in [3.63, 3.8) is 0 Å². The summed E-state index contributed by atoms with van der Waals surface area (Å²) in [5, 5.41) is 8.85. The summed E-state index contributed by atoms with van der Waals surface area (Å²) in [6, 6.07) is 11.1. The van der Waals surface area contributed by atoms with Crippen LogP contribution in [0.25, 0.3) is 0 Å². The predicted molar refractivity (Wildman–Crippen MR) is 100 cm³/mol. The van der Waals surface area contributed by atoms with Crippen LogP contribution >= 0.6 is 0 Å². The van der Waals surface area contributed by atoms with Crippen molar-refractivity contribution in [2.24, 2.45) is 0 Å². The highest BCUT2D eigenvalue weighted by Crippen LogP contribution is 2.20. The molecule has 132 valence electrons. The zero-order valence-corrected chi connectivity index (χ0v) is 14.5. The highest BCUT2D eigenvalue weighted by atomic mass is 16.2. The van der Waals surface area contributed by atoms with Gasteiger partial charge in [-0.05, 0) is 31.9 Å². The minimum atomic E-state index is -0.218. The number of benzene rings is 1. The molecular formula is C18H24N6O. The van der Waals surface area contributed by atoms with Gasteiger partial charge in [0.1, 0.15) is 17.5 Å². The van der Waals surface area contributed by atoms with Gasteiger partial charge < -0.3 is 20.9 Å². The van der Waals surface area contributed by atoms with Gasteiger partial charge in [0.2, 0.25) is 0 Å². The number of anilines is 3. The van der Waals surface area contributed by atoms with Crippen LogP contribution in [0.1, 0.15) is 18.7 Å². The Hall–Kier alpha value is -2.83. The smallest absolute Gasteiger partial charge is 0.319 e. The van der Waals surface area contributed by atoms with E-state index in [-0.39, 0.29) is 6.03 Å². The van der Waals surface area contributed by atoms with Gasteiger partial charge >= 0.3 is 6.03 Å². The Labute approximate surface area is 147 Å². The number of nitrogens with zero attached hydrogens (tertiary/aromatic N) is 3. The number of nitrogens with one attached hydrogen (secondary N) is 3. The van der Waals surface area contributed by atoms with Crippen molar-refractivity contribution in [2.45, 2.75) is 19.8 Å². The maximum Gasteiger partial charge on any atom is 0.319 e. The number of rotatable bonds is 6. The summed E-state index contributed by atoms with van der Waals surface area (Å²) in [6.07, 6.45) is 2.43. The van der Waals surface area contributed by atoms with Crippen molar-refractivity contribution < 1.29 is 4.79 Å². The van der Waals surface area contributed by atoms with Gasteiger partial charge in [-0.3, -0.25) is 0 Å². The number of urea groups is 1. The molecule has 1 fully saturated rings. The van der Waals surface area contributed by atoms with E-state index in [4.69, 9.17) is 0 Å². The average molecular weight is 340 g/mol. The monoisotopic (exact) mass is 340 g/mol. The van der Waals surface area contributed by atoms with Gasteiger partial charge in [0.05, 0.1) is 0 Å². The van der Waals surface area contributed by atoms with Crippen LogP contribution in [0.2, 0.25) is 0 Å². The molecule has 3 N–H and O–H groups in total. The molecule has 2 amide bonds. The molecule has 1 aliphatic heterocycles. The summed E-state index contributed by atoms with van der Waals surface area (Å²) in [5.74, 6) is 2.52. The molecule has 0 unspecified atom stereocenters. The number of aromatic nitrogens is 2. The Bertz CT molecular complexity index is 700. The summed E-state index contributed by atoms with van der Waals surface area (Å²) < 4.78 is 0. The van der Waals surface area contributed by atoms with Gasteiger partial charge in [0.25, 0.3) is 0 Å². The fraction of sp³-hybridized carbons (Fsp3) is 0.389. The molecule has 3 rings (SSSR count). The molecule has 0 atom stereocenters. The molecular weight excluding hydrogens is 316 g/mol. The molecule has 2 aromatic rings. The molecule has 2 heterocycles. The Balaban J connectivity index is 1.45. The van der Waals surface area contributed by atoms with Crippen molar-refractivity contribution in [3.8, 4) is 0 Å². The topological polar surface area (TPSA) is 82.2 Å². The largest absolute Gasteiger partial charge is 0.368 e. The van der Waals surface area contributed by atoms with Gasteiger partial charge in [0.15, 0.2) is 0 Å². The van der Waals surface area contributed by atoms with Gasteiger partial charge in [0, 0.05) is 37.9 Å². The molecule has 0 aliphatic carbocycles. The van der Waals surface area contributed by atoms with E-state index in [0.717, 1.165) is 36.2 Å². The normalized spacial score (nSPS) is 13.6. The van der Waals surface area contributed by atoms with Gasteiger partial charge in [-0.1, -0.05) is 18.2 Å². The van der Waals surface area contributed by atoms with Crippen molar-refractivity contribution in [2.75, 3.05) is 41.7 Å². The van der Waals surface area contributed by atoms with Crippen LogP contribution in [-0.2, 0) is 0 Å². The number of carbonyl (C=O) groups is 1. The lowest BCUT2D eigenvalue weighted by molar-refractivity contribution is 0.252. The van der Waals surface area contributed by atoms with Crippen LogP contribution in [0.4, 0.5) is 22.1 Å². The van der Waals surface area contributed by atoms with E-state index in [2.05, 4.69) is 30.8 Å². The third-order valence-corrected chi connectivity index (χ3v) is 4.00. The number of aryl methyl sites for hydroxylation is 1. The highest BCUT2D eigenvalue weighted by Gasteiger charge is 2.14. The van der Waals surface area contributed by atoms with E-state index in [9.17, 15) is 4.79 Å². The average Bonchev–Trinajstić information content (AvgIpc) is 3.14. The van der Waals surface area contributed by atoms with Crippen molar-refractivity contribution >= 4 is 23.4 Å². The minimum Gasteiger partial charge on any atom is -0.368 e. The van der Waals surface area contributed by atoms with Gasteiger partial charge in [-0.25, -0.2) is 14.8 Å². The minimum absolute atomic E-state index is 0.218. The summed E-state index contributed by atoms with van der Waals surface area (Å²) in [7, 11) is 0. The van der Waals surface area contributed by atoms with Crippen LogP contribution in [-0.4, -0.2) is 42.2 Å². The van der Waals surface area contributed by atoms with Gasteiger partial charge in [-0.2, -0.15) is 0 Å². The summed E-state index contributed by atoms with van der Waals surface area (Å²) >= 11 is 0. The highest BCUT2D eigenvalue weighted by molar-refractivity contribution is 5.89. The van der Waals surface area contributed by atoms with E-state index in [1.807, 2.05) is 43.3 Å². The lowest BCUT2D eigenvalue weighted by Crippen LogP contribution is -2.32. The third kappa shape index (κ3) is 5.07. The zero-order chi connectivity index (χ0) is 17.5. The molecule has 0 bridgehead atoms. The molecule has 7 nitrogen and oxygen atoms in total. The van der Waals surface area contributed by atoms with Crippen LogP contribution in [0.3, 0.4) is 0 Å². The first-order valence-electron chi connectivity index (χ1n) is 8.65. The Kier molecular flexibility index (Phi) is 5.66. The van der Waals surface area contributed by atoms with Crippen LogP contribution in [0, 0.1) is 6.92 Å². The van der Waals surface area contributed by atoms with E-state index < -0.39 is 0 Å². The SMILES string of the molecule is Cc1nc(NCCNC(=O)Nc2ccccc2)cc(N2CCCC2)n1. The standard InChI is InChI=1S/C18H24N6O/c1-14-21-16(13-17(22-14)24-11-5-6-12-24)19-9-10-20-18(25)23-15-7-3-2-4-8-15/h2-4,7-8,13H,5-6,9-12H2,1H3,(H,19,21,22)(H2,20,23,25). The second-order valence-corrected chi connectivity index (χ2v) is 6.03. The number of hydrogen-bond donors (Lipinski definition) is 3. The maximum absolute atomic E-state index is 11.8. The van der Waals surface area contributed by atoms with E-state index in [1.54, 1.807) is 0 Å². The van der Waals surface area contributed by atoms with Crippen molar-refractivity contribution in [3.05, 3.63) is 42.2 Å². The summed E-state index contributed by atoms with van der Waals surface area (Å²) in [4.78, 5) is 23.0. The molecule has 1 aromatic carbocycles. The molecule has 0 spiro atoms. The number of amides is 2. The summed E-state index contributed by atoms with van der Waals surface area (Å²) in [6.45, 7) is 5.10. The van der Waals surface area contributed by atoms with Crippen LogP contribution in [0.15, 0.2) is 36.4 Å². The first-order valence-corrected chi connectivity index (χ1v) is 8.65. The first-order chi connectivity index (χ1) is 12.2. The van der Waals surface area contributed by atoms with Crippen LogP contribution in [0.5, 0.6) is 0 Å². The zero-order valence-electron chi connectivity index (χ0n) is 14.5. The van der Waals surface area contributed by atoms with E-state index in [1.165, 1.54) is 12.8 Å².